The number of piperazine rings is 1. The number of carbonyl (C=O) groups is 2. The SMILES string of the molecule is CN1C(=O)CC(C(=O)N2CCN(CCn3cncn3)CC2)C1(C)C. The number of hydrogen-bond donors (Lipinski definition) is 0. The molecule has 1 unspecified atom stereocenters. The van der Waals surface area contributed by atoms with Crippen molar-refractivity contribution < 1.29 is 9.59 Å². The molecule has 1 aromatic heterocycles. The lowest BCUT2D eigenvalue weighted by atomic mass is 9.87. The average Bonchev–Trinajstić information content (AvgIpc) is 3.16. The van der Waals surface area contributed by atoms with E-state index >= 15 is 0 Å². The smallest absolute Gasteiger partial charge is 0.228 e. The maximum Gasteiger partial charge on any atom is 0.228 e. The summed E-state index contributed by atoms with van der Waals surface area (Å²) in [6.45, 7) is 8.84. The third-order valence-electron chi connectivity index (χ3n) is 5.56. The van der Waals surface area contributed by atoms with Gasteiger partial charge in [-0.05, 0) is 13.8 Å². The van der Waals surface area contributed by atoms with Crippen molar-refractivity contribution in [3.05, 3.63) is 12.7 Å². The van der Waals surface area contributed by atoms with Crippen molar-refractivity contribution in [3.63, 3.8) is 0 Å². The Morgan fingerprint density at radius 3 is 2.50 bits per heavy atom. The molecule has 0 saturated carbocycles. The van der Waals surface area contributed by atoms with E-state index in [9.17, 15) is 9.59 Å². The van der Waals surface area contributed by atoms with Crippen LogP contribution in [0.3, 0.4) is 0 Å². The highest BCUT2D eigenvalue weighted by Crippen LogP contribution is 2.35. The fourth-order valence-corrected chi connectivity index (χ4v) is 3.51. The van der Waals surface area contributed by atoms with Gasteiger partial charge in [0.1, 0.15) is 12.7 Å². The van der Waals surface area contributed by atoms with E-state index in [1.165, 1.54) is 6.33 Å². The molecule has 3 rings (SSSR count). The first-order valence-electron chi connectivity index (χ1n) is 8.50. The fourth-order valence-electron chi connectivity index (χ4n) is 3.51. The number of hydrogen-bond acceptors (Lipinski definition) is 5. The van der Waals surface area contributed by atoms with Crippen LogP contribution in [0.5, 0.6) is 0 Å². The van der Waals surface area contributed by atoms with Gasteiger partial charge in [-0.3, -0.25) is 19.2 Å². The lowest BCUT2D eigenvalue weighted by Crippen LogP contribution is -2.54. The largest absolute Gasteiger partial charge is 0.340 e. The van der Waals surface area contributed by atoms with Crippen molar-refractivity contribution in [1.82, 2.24) is 29.5 Å². The van der Waals surface area contributed by atoms with Gasteiger partial charge in [0, 0.05) is 51.7 Å². The van der Waals surface area contributed by atoms with Gasteiger partial charge < -0.3 is 9.80 Å². The molecule has 2 aliphatic rings. The highest BCUT2D eigenvalue weighted by atomic mass is 16.2. The van der Waals surface area contributed by atoms with Crippen LogP contribution in [0.4, 0.5) is 0 Å². The average molecular weight is 334 g/mol. The standard InChI is InChI=1S/C16H26N6O2/c1-16(2)13(10-14(23)19(16)3)15(24)21-7-4-20(5-8-21)6-9-22-12-17-11-18-22/h11-13H,4-10H2,1-3H3. The van der Waals surface area contributed by atoms with Gasteiger partial charge in [-0.1, -0.05) is 0 Å². The Bertz CT molecular complexity index is 592. The van der Waals surface area contributed by atoms with Gasteiger partial charge in [-0.2, -0.15) is 5.10 Å². The Morgan fingerprint density at radius 2 is 1.96 bits per heavy atom. The van der Waals surface area contributed by atoms with E-state index in [-0.39, 0.29) is 17.7 Å². The summed E-state index contributed by atoms with van der Waals surface area (Å²) in [6, 6.07) is 0. The number of rotatable bonds is 4. The predicted molar refractivity (Wildman–Crippen MR) is 88.0 cm³/mol. The van der Waals surface area contributed by atoms with Crippen LogP contribution in [0.25, 0.3) is 0 Å². The maximum absolute atomic E-state index is 12.9. The first kappa shape index (κ1) is 16.9. The molecule has 8 heteroatoms. The van der Waals surface area contributed by atoms with Crippen molar-refractivity contribution in [2.24, 2.45) is 5.92 Å². The molecule has 0 radical (unpaired) electrons. The van der Waals surface area contributed by atoms with Gasteiger partial charge in [0.2, 0.25) is 11.8 Å². The highest BCUT2D eigenvalue weighted by Gasteiger charge is 2.49. The molecule has 132 valence electrons. The number of amides is 2. The predicted octanol–water partition coefficient (Wildman–Crippen LogP) is -0.321. The van der Waals surface area contributed by atoms with Crippen molar-refractivity contribution >= 4 is 11.8 Å². The van der Waals surface area contributed by atoms with E-state index in [1.54, 1.807) is 18.3 Å². The summed E-state index contributed by atoms with van der Waals surface area (Å²) in [5.74, 6) is -0.0601. The lowest BCUT2D eigenvalue weighted by Gasteiger charge is -2.39. The zero-order valence-corrected chi connectivity index (χ0v) is 14.7. The molecular weight excluding hydrogens is 308 g/mol. The minimum atomic E-state index is -0.404. The normalized spacial score (nSPS) is 24.6. The van der Waals surface area contributed by atoms with Crippen LogP contribution in [-0.4, -0.2) is 86.6 Å². The Balaban J connectivity index is 1.51. The summed E-state index contributed by atoms with van der Waals surface area (Å²) in [6.07, 6.45) is 3.59. The molecule has 2 fully saturated rings. The van der Waals surface area contributed by atoms with E-state index in [2.05, 4.69) is 15.0 Å². The fraction of sp³-hybridized carbons (Fsp3) is 0.750. The molecule has 2 saturated heterocycles. The Morgan fingerprint density at radius 1 is 1.25 bits per heavy atom. The molecule has 24 heavy (non-hydrogen) atoms. The molecule has 2 amide bonds. The Hall–Kier alpha value is -1.96. The molecule has 0 N–H and O–H groups in total. The van der Waals surface area contributed by atoms with Gasteiger partial charge >= 0.3 is 0 Å². The lowest BCUT2D eigenvalue weighted by molar-refractivity contribution is -0.139. The highest BCUT2D eigenvalue weighted by molar-refractivity contribution is 5.91. The summed E-state index contributed by atoms with van der Waals surface area (Å²) < 4.78 is 1.82. The second kappa shape index (κ2) is 6.51. The number of likely N-dealkylation sites (tertiary alicyclic amines) is 1. The topological polar surface area (TPSA) is 74.6 Å². The van der Waals surface area contributed by atoms with Crippen molar-refractivity contribution in [2.75, 3.05) is 39.8 Å². The number of aromatic nitrogens is 3. The molecule has 1 aromatic rings. The Labute approximate surface area is 142 Å². The van der Waals surface area contributed by atoms with Crippen LogP contribution in [0.1, 0.15) is 20.3 Å². The minimum absolute atomic E-state index is 0.0600. The summed E-state index contributed by atoms with van der Waals surface area (Å²) in [7, 11) is 1.79. The Kier molecular flexibility index (Phi) is 4.58. The summed E-state index contributed by atoms with van der Waals surface area (Å²) in [5, 5.41) is 4.10. The van der Waals surface area contributed by atoms with Crippen molar-refractivity contribution in [2.45, 2.75) is 32.4 Å². The van der Waals surface area contributed by atoms with Gasteiger partial charge in [0.25, 0.3) is 0 Å². The molecule has 8 nitrogen and oxygen atoms in total. The second-order valence-corrected chi connectivity index (χ2v) is 7.19. The molecular formula is C16H26N6O2. The van der Waals surface area contributed by atoms with Crippen LogP contribution < -0.4 is 0 Å². The molecule has 0 aliphatic carbocycles. The molecule has 3 heterocycles. The van der Waals surface area contributed by atoms with Crippen LogP contribution in [0.2, 0.25) is 0 Å². The zero-order chi connectivity index (χ0) is 17.3. The molecule has 1 atom stereocenters. The van der Waals surface area contributed by atoms with Gasteiger partial charge in [0.05, 0.1) is 12.5 Å². The third kappa shape index (κ3) is 3.15. The quantitative estimate of drug-likeness (QED) is 0.754. The first-order chi connectivity index (χ1) is 11.4. The maximum atomic E-state index is 12.9. The first-order valence-corrected chi connectivity index (χ1v) is 8.50. The van der Waals surface area contributed by atoms with E-state index in [4.69, 9.17) is 0 Å². The van der Waals surface area contributed by atoms with Crippen LogP contribution in [-0.2, 0) is 16.1 Å². The zero-order valence-electron chi connectivity index (χ0n) is 14.7. The van der Waals surface area contributed by atoms with E-state index in [0.29, 0.717) is 6.42 Å². The molecule has 0 aromatic carbocycles. The van der Waals surface area contributed by atoms with Crippen molar-refractivity contribution in [3.8, 4) is 0 Å². The number of nitrogens with zero attached hydrogens (tertiary/aromatic N) is 6. The van der Waals surface area contributed by atoms with Crippen LogP contribution >= 0.6 is 0 Å². The van der Waals surface area contributed by atoms with Crippen LogP contribution in [0, 0.1) is 5.92 Å². The molecule has 2 aliphatic heterocycles. The minimum Gasteiger partial charge on any atom is -0.340 e. The monoisotopic (exact) mass is 334 g/mol. The molecule has 0 spiro atoms. The molecule has 0 bridgehead atoms. The van der Waals surface area contributed by atoms with E-state index in [1.807, 2.05) is 23.4 Å². The van der Waals surface area contributed by atoms with Gasteiger partial charge in [-0.25, -0.2) is 4.98 Å². The summed E-state index contributed by atoms with van der Waals surface area (Å²) in [5.41, 5.74) is -0.404. The van der Waals surface area contributed by atoms with Crippen LogP contribution in [0.15, 0.2) is 12.7 Å². The van der Waals surface area contributed by atoms with Gasteiger partial charge in [0.15, 0.2) is 0 Å². The summed E-state index contributed by atoms with van der Waals surface area (Å²) in [4.78, 5) is 34.7. The van der Waals surface area contributed by atoms with Gasteiger partial charge in [-0.15, -0.1) is 0 Å². The van der Waals surface area contributed by atoms with E-state index in [0.717, 1.165) is 39.3 Å². The second-order valence-electron chi connectivity index (χ2n) is 7.19. The van der Waals surface area contributed by atoms with Crippen molar-refractivity contribution in [1.29, 1.82) is 0 Å². The number of carbonyl (C=O) groups excluding carboxylic acids is 2. The van der Waals surface area contributed by atoms with E-state index < -0.39 is 5.54 Å². The summed E-state index contributed by atoms with van der Waals surface area (Å²) >= 11 is 0. The third-order valence-corrected chi connectivity index (χ3v) is 5.56.